The highest BCUT2D eigenvalue weighted by molar-refractivity contribution is 5.69. The lowest BCUT2D eigenvalue weighted by atomic mass is 10.1. The van der Waals surface area contributed by atoms with Gasteiger partial charge in [0.15, 0.2) is 0 Å². The van der Waals surface area contributed by atoms with Gasteiger partial charge in [-0.3, -0.25) is 4.79 Å². The number of rotatable bonds is 6. The number of hydrogen-bond acceptors (Lipinski definition) is 3. The molecule has 0 saturated heterocycles. The summed E-state index contributed by atoms with van der Waals surface area (Å²) in [5.74, 6) is -0.360. The van der Waals surface area contributed by atoms with Crippen LogP contribution in [-0.4, -0.2) is 24.7 Å². The highest BCUT2D eigenvalue weighted by Crippen LogP contribution is 2.18. The fourth-order valence-corrected chi connectivity index (χ4v) is 1.47. The van der Waals surface area contributed by atoms with Gasteiger partial charge < -0.3 is 15.2 Å². The van der Waals surface area contributed by atoms with Gasteiger partial charge in [0.1, 0.15) is 5.75 Å². The Bertz CT molecular complexity index is 379. The minimum atomic E-state index is -0.782. The molecule has 0 aliphatic rings. The molecule has 4 nitrogen and oxygen atoms in total. The smallest absolute Gasteiger partial charge is 0.307 e. The van der Waals surface area contributed by atoms with Crippen LogP contribution in [0.5, 0.6) is 5.75 Å². The summed E-state index contributed by atoms with van der Waals surface area (Å²) in [6, 6.07) is 7.85. The van der Waals surface area contributed by atoms with E-state index in [1.165, 1.54) is 0 Å². The molecule has 2 N–H and O–H groups in total. The monoisotopic (exact) mass is 237 g/mol. The third-order valence-electron chi connectivity index (χ3n) is 2.75. The van der Waals surface area contributed by atoms with Crippen LogP contribution in [0.4, 0.5) is 0 Å². The van der Waals surface area contributed by atoms with Gasteiger partial charge in [0, 0.05) is 12.6 Å². The Balaban J connectivity index is 2.57. The normalized spacial score (nSPS) is 14.1. The van der Waals surface area contributed by atoms with Crippen molar-refractivity contribution in [3.8, 4) is 5.75 Å². The van der Waals surface area contributed by atoms with E-state index >= 15 is 0 Å². The number of methoxy groups -OCH3 is 1. The van der Waals surface area contributed by atoms with Gasteiger partial charge in [0.2, 0.25) is 0 Å². The van der Waals surface area contributed by atoms with E-state index in [0.29, 0.717) is 6.54 Å². The predicted octanol–water partition coefficient (Wildman–Crippen LogP) is 2.07. The molecule has 0 fully saturated rings. The van der Waals surface area contributed by atoms with Crippen LogP contribution in [0.25, 0.3) is 0 Å². The van der Waals surface area contributed by atoms with Crippen molar-refractivity contribution in [1.82, 2.24) is 5.32 Å². The molecular formula is C13H19NO3. The third kappa shape index (κ3) is 4.07. The van der Waals surface area contributed by atoms with Crippen molar-refractivity contribution in [3.63, 3.8) is 0 Å². The molecule has 0 spiro atoms. The second-order valence-electron chi connectivity index (χ2n) is 4.15. The van der Waals surface area contributed by atoms with Crippen molar-refractivity contribution in [2.75, 3.05) is 13.7 Å². The molecule has 0 saturated carbocycles. The highest BCUT2D eigenvalue weighted by atomic mass is 16.5. The lowest BCUT2D eigenvalue weighted by Gasteiger charge is -2.16. The second-order valence-corrected chi connectivity index (χ2v) is 4.15. The summed E-state index contributed by atoms with van der Waals surface area (Å²) in [6.45, 7) is 4.14. The second kappa shape index (κ2) is 6.25. The molecule has 1 aromatic carbocycles. The minimum absolute atomic E-state index is 0.104. The minimum Gasteiger partial charge on any atom is -0.497 e. The van der Waals surface area contributed by atoms with E-state index in [9.17, 15) is 4.79 Å². The molecule has 94 valence electrons. The molecule has 0 aromatic heterocycles. The molecule has 2 atom stereocenters. The van der Waals surface area contributed by atoms with Crippen molar-refractivity contribution in [2.24, 2.45) is 5.92 Å². The lowest BCUT2D eigenvalue weighted by molar-refractivity contribution is -0.140. The number of carboxylic acid groups (broad SMARTS) is 1. The Morgan fingerprint density at radius 1 is 1.47 bits per heavy atom. The summed E-state index contributed by atoms with van der Waals surface area (Å²) < 4.78 is 5.15. The van der Waals surface area contributed by atoms with Crippen molar-refractivity contribution in [3.05, 3.63) is 29.8 Å². The van der Waals surface area contributed by atoms with Gasteiger partial charge in [0.05, 0.1) is 13.0 Å². The zero-order valence-electron chi connectivity index (χ0n) is 10.4. The van der Waals surface area contributed by atoms with Crippen molar-refractivity contribution in [2.45, 2.75) is 19.9 Å². The van der Waals surface area contributed by atoms with Crippen LogP contribution in [0.2, 0.25) is 0 Å². The zero-order chi connectivity index (χ0) is 12.8. The lowest BCUT2D eigenvalue weighted by Crippen LogP contribution is -2.28. The van der Waals surface area contributed by atoms with E-state index in [1.807, 2.05) is 31.2 Å². The molecule has 0 radical (unpaired) electrons. The largest absolute Gasteiger partial charge is 0.497 e. The summed E-state index contributed by atoms with van der Waals surface area (Å²) in [5.41, 5.74) is 1.09. The molecule has 0 bridgehead atoms. The number of carboxylic acids is 1. The Kier molecular flexibility index (Phi) is 4.97. The Labute approximate surface area is 102 Å². The van der Waals surface area contributed by atoms with Crippen molar-refractivity contribution < 1.29 is 14.6 Å². The van der Waals surface area contributed by atoms with E-state index in [2.05, 4.69) is 5.32 Å². The van der Waals surface area contributed by atoms with E-state index in [4.69, 9.17) is 9.84 Å². The van der Waals surface area contributed by atoms with Gasteiger partial charge in [-0.15, -0.1) is 0 Å². The zero-order valence-corrected chi connectivity index (χ0v) is 10.4. The molecular weight excluding hydrogens is 218 g/mol. The van der Waals surface area contributed by atoms with Crippen molar-refractivity contribution in [1.29, 1.82) is 0 Å². The number of benzene rings is 1. The SMILES string of the molecule is COc1cccc([C@H](C)NCC(C)C(=O)O)c1. The van der Waals surface area contributed by atoms with Crippen LogP contribution in [-0.2, 0) is 4.79 Å². The van der Waals surface area contributed by atoms with Crippen molar-refractivity contribution >= 4 is 5.97 Å². The molecule has 1 aromatic rings. The first-order valence-electron chi connectivity index (χ1n) is 5.64. The fourth-order valence-electron chi connectivity index (χ4n) is 1.47. The molecule has 0 aliphatic heterocycles. The van der Waals surface area contributed by atoms with Gasteiger partial charge in [-0.2, -0.15) is 0 Å². The van der Waals surface area contributed by atoms with E-state index in [1.54, 1.807) is 14.0 Å². The standard InChI is InChI=1S/C13H19NO3/c1-9(13(15)16)8-14-10(2)11-5-4-6-12(7-11)17-3/h4-7,9-10,14H,8H2,1-3H3,(H,15,16)/t9?,10-/m0/s1. The van der Waals surface area contributed by atoms with Gasteiger partial charge in [-0.25, -0.2) is 0 Å². The topological polar surface area (TPSA) is 58.6 Å². The number of hydrogen-bond donors (Lipinski definition) is 2. The maximum Gasteiger partial charge on any atom is 0.307 e. The first-order valence-corrected chi connectivity index (χ1v) is 5.64. The van der Waals surface area contributed by atoms with Gasteiger partial charge in [0.25, 0.3) is 0 Å². The number of ether oxygens (including phenoxy) is 1. The maximum atomic E-state index is 10.7. The van der Waals surface area contributed by atoms with Crippen LogP contribution in [0.1, 0.15) is 25.5 Å². The van der Waals surface area contributed by atoms with E-state index in [0.717, 1.165) is 11.3 Å². The number of aliphatic carboxylic acids is 1. The fraction of sp³-hybridized carbons (Fsp3) is 0.462. The summed E-state index contributed by atoms with van der Waals surface area (Å²) >= 11 is 0. The molecule has 1 unspecified atom stereocenters. The van der Waals surface area contributed by atoms with Crippen LogP contribution >= 0.6 is 0 Å². The summed E-state index contributed by atoms with van der Waals surface area (Å²) in [6.07, 6.45) is 0. The summed E-state index contributed by atoms with van der Waals surface area (Å²) in [5, 5.41) is 12.0. The predicted molar refractivity (Wildman–Crippen MR) is 66.2 cm³/mol. The van der Waals surface area contributed by atoms with Gasteiger partial charge in [-0.05, 0) is 24.6 Å². The summed E-state index contributed by atoms with van der Waals surface area (Å²) in [4.78, 5) is 10.7. The maximum absolute atomic E-state index is 10.7. The highest BCUT2D eigenvalue weighted by Gasteiger charge is 2.13. The quantitative estimate of drug-likeness (QED) is 0.795. The molecule has 0 heterocycles. The molecule has 0 aliphatic carbocycles. The average molecular weight is 237 g/mol. The third-order valence-corrected chi connectivity index (χ3v) is 2.75. The Morgan fingerprint density at radius 3 is 2.76 bits per heavy atom. The Hall–Kier alpha value is -1.55. The van der Waals surface area contributed by atoms with Crippen LogP contribution in [0, 0.1) is 5.92 Å². The van der Waals surface area contributed by atoms with Crippen LogP contribution in [0.3, 0.4) is 0 Å². The Morgan fingerprint density at radius 2 is 2.18 bits per heavy atom. The van der Waals surface area contributed by atoms with E-state index in [-0.39, 0.29) is 12.0 Å². The first kappa shape index (κ1) is 13.5. The molecule has 17 heavy (non-hydrogen) atoms. The number of nitrogens with one attached hydrogen (secondary N) is 1. The van der Waals surface area contributed by atoms with Crippen LogP contribution in [0.15, 0.2) is 24.3 Å². The number of carbonyl (C=O) groups is 1. The average Bonchev–Trinajstić information content (AvgIpc) is 2.35. The van der Waals surface area contributed by atoms with Crippen LogP contribution < -0.4 is 10.1 Å². The molecule has 1 rings (SSSR count). The van der Waals surface area contributed by atoms with E-state index < -0.39 is 5.97 Å². The van der Waals surface area contributed by atoms with Gasteiger partial charge >= 0.3 is 5.97 Å². The molecule has 0 amide bonds. The first-order chi connectivity index (χ1) is 8.04. The molecule has 4 heteroatoms. The van der Waals surface area contributed by atoms with Gasteiger partial charge in [-0.1, -0.05) is 19.1 Å². The summed E-state index contributed by atoms with van der Waals surface area (Å²) in [7, 11) is 1.63.